The highest BCUT2D eigenvalue weighted by Crippen LogP contribution is 2.49. The van der Waals surface area contributed by atoms with Crippen molar-refractivity contribution in [3.05, 3.63) is 23.3 Å². The van der Waals surface area contributed by atoms with E-state index in [9.17, 15) is 9.59 Å². The second-order valence-electron chi connectivity index (χ2n) is 14.5. The number of aryl methyl sites for hydroxylation is 2. The molecule has 1 aliphatic carbocycles. The zero-order valence-corrected chi connectivity index (χ0v) is 27.7. The number of amides is 2. The number of aromatic nitrogens is 2. The van der Waals surface area contributed by atoms with Gasteiger partial charge in [0, 0.05) is 44.7 Å². The Morgan fingerprint density at radius 3 is 2.23 bits per heavy atom. The zero-order valence-electron chi connectivity index (χ0n) is 27.7. The lowest BCUT2D eigenvalue weighted by atomic mass is 9.62. The van der Waals surface area contributed by atoms with Crippen LogP contribution in [0, 0.1) is 31.1 Å². The molecule has 4 aliphatic rings. The first kappa shape index (κ1) is 32.3. The molecule has 1 spiro atoms. The molecule has 0 bridgehead atoms. The van der Waals surface area contributed by atoms with Gasteiger partial charge >= 0.3 is 0 Å². The van der Waals surface area contributed by atoms with E-state index in [1.807, 2.05) is 18.7 Å². The Kier molecular flexibility index (Phi) is 10.5. The molecular weight excluding hydrogens is 538 g/mol. The van der Waals surface area contributed by atoms with Gasteiger partial charge in [-0.05, 0) is 116 Å². The van der Waals surface area contributed by atoms with Gasteiger partial charge in [-0.25, -0.2) is 9.97 Å². The minimum absolute atomic E-state index is 0.0709. The molecular formula is C35H57N5O3. The molecule has 4 fully saturated rings. The minimum Gasteiger partial charge on any atom is -0.379 e. The van der Waals surface area contributed by atoms with E-state index in [1.54, 1.807) is 0 Å². The van der Waals surface area contributed by atoms with E-state index < -0.39 is 0 Å². The van der Waals surface area contributed by atoms with Gasteiger partial charge in [-0.3, -0.25) is 14.5 Å². The van der Waals surface area contributed by atoms with Crippen molar-refractivity contribution in [1.82, 2.24) is 24.7 Å². The number of piperidine rings is 3. The van der Waals surface area contributed by atoms with E-state index in [-0.39, 0.29) is 16.9 Å². The topological polar surface area (TPSA) is 78.9 Å². The quantitative estimate of drug-likeness (QED) is 0.359. The van der Waals surface area contributed by atoms with Crippen LogP contribution in [-0.2, 0) is 9.53 Å². The predicted molar refractivity (Wildman–Crippen MR) is 170 cm³/mol. The molecule has 8 heteroatoms. The molecule has 0 N–H and O–H groups in total. The van der Waals surface area contributed by atoms with E-state index in [2.05, 4.69) is 40.5 Å². The zero-order chi connectivity index (χ0) is 30.6. The van der Waals surface area contributed by atoms with Crippen LogP contribution in [0.5, 0.6) is 0 Å². The first-order valence-electron chi connectivity index (χ1n) is 17.4. The first-order chi connectivity index (χ1) is 20.7. The number of unbranched alkanes of at least 4 members (excludes halogenated alkanes) is 1. The van der Waals surface area contributed by atoms with Crippen LogP contribution < -0.4 is 0 Å². The van der Waals surface area contributed by atoms with Crippen LogP contribution in [0.25, 0.3) is 0 Å². The van der Waals surface area contributed by atoms with Gasteiger partial charge in [-0.15, -0.1) is 0 Å². The van der Waals surface area contributed by atoms with Crippen molar-refractivity contribution < 1.29 is 14.3 Å². The Bertz CT molecular complexity index is 1080. The molecule has 240 valence electrons. The highest BCUT2D eigenvalue weighted by atomic mass is 16.5. The fourth-order valence-electron chi connectivity index (χ4n) is 8.82. The molecule has 0 aromatic carbocycles. The van der Waals surface area contributed by atoms with Crippen molar-refractivity contribution in [2.24, 2.45) is 17.3 Å². The van der Waals surface area contributed by atoms with Crippen LogP contribution in [0.15, 0.2) is 6.33 Å². The largest absolute Gasteiger partial charge is 0.379 e. The Morgan fingerprint density at radius 1 is 0.977 bits per heavy atom. The summed E-state index contributed by atoms with van der Waals surface area (Å²) in [6, 6.07) is 0. The summed E-state index contributed by atoms with van der Waals surface area (Å²) in [5.74, 6) is 1.71. The molecule has 0 radical (unpaired) electrons. The van der Waals surface area contributed by atoms with E-state index >= 15 is 0 Å². The maximum atomic E-state index is 13.7. The standard InChI is InChI=1S/C35H57N5O3/c1-6-8-9-29-24-39(23-28-10-12-30(13-11-28)43-7-2)31(41)22-35(29)16-20-40(21-17-35)34(5)14-18-38(19-15-34)33(42)32-26(3)36-25-37-27(32)4/h25,28-30H,6-24H2,1-5H3. The Hall–Kier alpha value is -2.06. The van der Waals surface area contributed by atoms with Crippen molar-refractivity contribution in [1.29, 1.82) is 0 Å². The average Bonchev–Trinajstić information content (AvgIpc) is 2.99. The van der Waals surface area contributed by atoms with Crippen LogP contribution in [0.4, 0.5) is 0 Å². The van der Waals surface area contributed by atoms with Gasteiger partial charge in [0.25, 0.3) is 5.91 Å². The van der Waals surface area contributed by atoms with Crippen molar-refractivity contribution >= 4 is 11.8 Å². The lowest BCUT2D eigenvalue weighted by molar-refractivity contribution is -0.147. The number of hydrogen-bond donors (Lipinski definition) is 0. The van der Waals surface area contributed by atoms with Crippen LogP contribution in [-0.4, -0.2) is 94.0 Å². The lowest BCUT2D eigenvalue weighted by Crippen LogP contribution is -2.60. The molecule has 1 aromatic rings. The molecule has 1 saturated carbocycles. The number of carbonyl (C=O) groups excluding carboxylic acids is 2. The second-order valence-corrected chi connectivity index (χ2v) is 14.5. The van der Waals surface area contributed by atoms with Gasteiger partial charge in [0.1, 0.15) is 6.33 Å². The molecule has 4 heterocycles. The molecule has 1 unspecified atom stereocenters. The monoisotopic (exact) mass is 595 g/mol. The minimum atomic E-state index is 0.0709. The van der Waals surface area contributed by atoms with Crippen molar-refractivity contribution in [3.63, 3.8) is 0 Å². The molecule has 2 amide bonds. The van der Waals surface area contributed by atoms with Crippen LogP contribution in [0.2, 0.25) is 0 Å². The van der Waals surface area contributed by atoms with E-state index in [0.717, 1.165) is 102 Å². The first-order valence-corrected chi connectivity index (χ1v) is 17.4. The third-order valence-electron chi connectivity index (χ3n) is 11.8. The predicted octanol–water partition coefficient (Wildman–Crippen LogP) is 5.80. The number of ether oxygens (including phenoxy) is 1. The molecule has 1 aromatic heterocycles. The number of nitrogens with zero attached hydrogens (tertiary/aromatic N) is 5. The Morgan fingerprint density at radius 2 is 1.63 bits per heavy atom. The Labute approximate surface area is 260 Å². The molecule has 43 heavy (non-hydrogen) atoms. The molecule has 3 aliphatic heterocycles. The summed E-state index contributed by atoms with van der Waals surface area (Å²) >= 11 is 0. The average molecular weight is 596 g/mol. The number of rotatable bonds is 9. The van der Waals surface area contributed by atoms with E-state index in [0.29, 0.717) is 29.4 Å². The maximum absolute atomic E-state index is 13.7. The summed E-state index contributed by atoms with van der Waals surface area (Å²) in [6.07, 6.45) is 15.3. The molecule has 5 rings (SSSR count). The SMILES string of the molecule is CCCCC1CN(CC2CCC(OCC)CC2)C(=O)CC12CCN(C1(C)CCN(C(=O)c3c(C)ncnc3C)CC1)CC2. The third-order valence-corrected chi connectivity index (χ3v) is 11.8. The van der Waals surface area contributed by atoms with Crippen molar-refractivity contribution in [3.8, 4) is 0 Å². The fourth-order valence-corrected chi connectivity index (χ4v) is 8.82. The fraction of sp³-hybridized carbons (Fsp3) is 0.829. The van der Waals surface area contributed by atoms with E-state index in [1.165, 1.54) is 38.4 Å². The second kappa shape index (κ2) is 13.9. The van der Waals surface area contributed by atoms with E-state index in [4.69, 9.17) is 4.74 Å². The van der Waals surface area contributed by atoms with Gasteiger partial charge < -0.3 is 14.5 Å². The van der Waals surface area contributed by atoms with Crippen molar-refractivity contribution in [2.75, 3.05) is 45.9 Å². The molecule has 3 saturated heterocycles. The highest BCUT2D eigenvalue weighted by molar-refractivity contribution is 5.96. The summed E-state index contributed by atoms with van der Waals surface area (Å²) in [7, 11) is 0. The van der Waals surface area contributed by atoms with Gasteiger partial charge in [0.05, 0.1) is 23.1 Å². The van der Waals surface area contributed by atoms with Gasteiger partial charge in [-0.1, -0.05) is 19.8 Å². The summed E-state index contributed by atoms with van der Waals surface area (Å²) in [5.41, 5.74) is 2.44. The number of hydrogen-bond acceptors (Lipinski definition) is 6. The lowest BCUT2D eigenvalue weighted by Gasteiger charge is -2.56. The normalized spacial score (nSPS) is 27.9. The number of carbonyl (C=O) groups is 2. The van der Waals surface area contributed by atoms with Crippen LogP contribution in [0.3, 0.4) is 0 Å². The maximum Gasteiger partial charge on any atom is 0.257 e. The molecule has 8 nitrogen and oxygen atoms in total. The smallest absolute Gasteiger partial charge is 0.257 e. The molecule has 1 atom stereocenters. The van der Waals surface area contributed by atoms with Gasteiger partial charge in [0.15, 0.2) is 0 Å². The van der Waals surface area contributed by atoms with Crippen LogP contribution >= 0.6 is 0 Å². The highest BCUT2D eigenvalue weighted by Gasteiger charge is 2.50. The summed E-state index contributed by atoms with van der Waals surface area (Å²) in [5, 5.41) is 0. The third kappa shape index (κ3) is 7.11. The summed E-state index contributed by atoms with van der Waals surface area (Å²) in [4.78, 5) is 42.6. The van der Waals surface area contributed by atoms with Crippen LogP contribution in [0.1, 0.15) is 120 Å². The van der Waals surface area contributed by atoms with Crippen molar-refractivity contribution in [2.45, 2.75) is 123 Å². The van der Waals surface area contributed by atoms with Gasteiger partial charge in [0.2, 0.25) is 5.91 Å². The Balaban J connectivity index is 1.17. The van der Waals surface area contributed by atoms with Gasteiger partial charge in [-0.2, -0.15) is 0 Å². The summed E-state index contributed by atoms with van der Waals surface area (Å²) in [6.45, 7) is 17.0. The number of likely N-dealkylation sites (tertiary alicyclic amines) is 3. The summed E-state index contributed by atoms with van der Waals surface area (Å²) < 4.78 is 5.87.